The third-order valence-electron chi connectivity index (χ3n) is 7.25. The molecule has 1 N–H and O–H groups in total. The summed E-state index contributed by atoms with van der Waals surface area (Å²) in [5.41, 5.74) is 0.137. The average molecular weight is 504 g/mol. The second-order valence-corrected chi connectivity index (χ2v) is 15.6. The molecule has 5 atom stereocenters. The van der Waals surface area contributed by atoms with E-state index in [4.69, 9.17) is 18.7 Å². The van der Waals surface area contributed by atoms with Crippen molar-refractivity contribution in [2.45, 2.75) is 89.6 Å². The first-order valence-corrected chi connectivity index (χ1v) is 15.1. The second-order valence-electron chi connectivity index (χ2n) is 10.9. The van der Waals surface area contributed by atoms with Crippen LogP contribution in [0, 0.1) is 0 Å². The van der Waals surface area contributed by atoms with Crippen molar-refractivity contribution in [2.75, 3.05) is 6.61 Å². The van der Waals surface area contributed by atoms with E-state index in [2.05, 4.69) is 38.8 Å². The normalized spacial score (nSPS) is 28.3. The number of rotatable bonds is 6. The largest absolute Gasteiger partial charge is 0.409 e. The number of ether oxygens (including phenoxy) is 2. The number of hydrogen-bond acceptors (Lipinski definition) is 7. The number of aromatic nitrogens is 2. The standard InChI is InChI=1S/C25H37N3O6Si/c1-17-31-16-20(34-35(5,6)25(2,3)4)23(32-17)19-14-22(27-13-12-21(29)26-24(27)30)33-28(19)15-18-10-8-7-9-11-18/h7-13,17,19-20,22-23H,14-16H2,1-6H3,(H,26,29,30)/t17-,19+,20-,22+,23+/m1/s1. The molecule has 0 spiro atoms. The Bertz CT molecular complexity index is 1110. The molecule has 9 nitrogen and oxygen atoms in total. The Morgan fingerprint density at radius 3 is 2.51 bits per heavy atom. The first-order valence-electron chi connectivity index (χ1n) is 12.2. The molecular weight excluding hydrogens is 466 g/mol. The first-order chi connectivity index (χ1) is 16.4. The minimum absolute atomic E-state index is 0.0300. The van der Waals surface area contributed by atoms with Gasteiger partial charge in [0.2, 0.25) is 0 Å². The van der Waals surface area contributed by atoms with E-state index in [-0.39, 0.29) is 29.6 Å². The number of hydroxylamine groups is 2. The number of hydrogen-bond donors (Lipinski definition) is 1. The van der Waals surface area contributed by atoms with Crippen molar-refractivity contribution in [1.29, 1.82) is 0 Å². The minimum Gasteiger partial charge on any atom is -0.409 e. The maximum atomic E-state index is 12.5. The van der Waals surface area contributed by atoms with Gasteiger partial charge < -0.3 is 13.9 Å². The van der Waals surface area contributed by atoms with Gasteiger partial charge in [-0.2, -0.15) is 5.06 Å². The molecule has 2 aliphatic heterocycles. The van der Waals surface area contributed by atoms with Gasteiger partial charge in [0.25, 0.3) is 5.56 Å². The fourth-order valence-electron chi connectivity index (χ4n) is 4.30. The SMILES string of the molecule is C[C@@H]1OC[C@@H](O[Si](C)(C)C(C)(C)C)[C@H]([C@@H]2C[C@@H](n3ccc(=O)[nH]c3=O)ON2Cc2ccccc2)O1. The molecule has 10 heteroatoms. The molecule has 0 unspecified atom stereocenters. The topological polar surface area (TPSA) is 95.0 Å². The maximum absolute atomic E-state index is 12.5. The Labute approximate surface area is 207 Å². The first kappa shape index (κ1) is 26.0. The van der Waals surface area contributed by atoms with Crippen LogP contribution in [0.2, 0.25) is 18.1 Å². The highest BCUT2D eigenvalue weighted by Gasteiger charge is 2.49. The van der Waals surface area contributed by atoms with Crippen molar-refractivity contribution in [2.24, 2.45) is 0 Å². The van der Waals surface area contributed by atoms with Crippen LogP contribution in [-0.4, -0.2) is 54.1 Å². The van der Waals surface area contributed by atoms with Crippen LogP contribution in [0.3, 0.4) is 0 Å². The molecule has 0 amide bonds. The van der Waals surface area contributed by atoms with Gasteiger partial charge in [0, 0.05) is 25.2 Å². The zero-order valence-electron chi connectivity index (χ0n) is 21.4. The molecule has 2 aromatic rings. The van der Waals surface area contributed by atoms with Crippen LogP contribution in [0.15, 0.2) is 52.2 Å². The molecule has 0 saturated carbocycles. The highest BCUT2D eigenvalue weighted by molar-refractivity contribution is 6.74. The van der Waals surface area contributed by atoms with E-state index in [1.54, 1.807) is 0 Å². The van der Waals surface area contributed by atoms with E-state index >= 15 is 0 Å². The van der Waals surface area contributed by atoms with Gasteiger partial charge in [-0.1, -0.05) is 51.1 Å². The van der Waals surface area contributed by atoms with Crippen LogP contribution in [0.5, 0.6) is 0 Å². The van der Waals surface area contributed by atoms with E-state index in [1.165, 1.54) is 16.8 Å². The lowest BCUT2D eigenvalue weighted by Gasteiger charge is -2.45. The minimum atomic E-state index is -2.11. The zero-order valence-corrected chi connectivity index (χ0v) is 22.4. The molecule has 1 aromatic carbocycles. The summed E-state index contributed by atoms with van der Waals surface area (Å²) in [6.45, 7) is 13.9. The third kappa shape index (κ3) is 5.84. The van der Waals surface area contributed by atoms with Gasteiger partial charge in [-0.25, -0.2) is 4.79 Å². The van der Waals surface area contributed by atoms with Gasteiger partial charge in [-0.05, 0) is 30.6 Å². The van der Waals surface area contributed by atoms with Crippen molar-refractivity contribution in [3.63, 3.8) is 0 Å². The molecular formula is C25H37N3O6Si. The fraction of sp³-hybridized carbons (Fsp3) is 0.600. The Morgan fingerprint density at radius 2 is 1.86 bits per heavy atom. The molecule has 4 rings (SSSR count). The van der Waals surface area contributed by atoms with Crippen molar-refractivity contribution in [3.05, 3.63) is 69.0 Å². The summed E-state index contributed by atoms with van der Waals surface area (Å²) in [5, 5.41) is 1.92. The van der Waals surface area contributed by atoms with Crippen LogP contribution in [-0.2, 0) is 25.3 Å². The van der Waals surface area contributed by atoms with Gasteiger partial charge in [0.15, 0.2) is 20.8 Å². The van der Waals surface area contributed by atoms with Crippen LogP contribution in [0.25, 0.3) is 0 Å². The number of H-pyrrole nitrogens is 1. The Kier molecular flexibility index (Phi) is 7.51. The molecule has 2 aliphatic rings. The summed E-state index contributed by atoms with van der Waals surface area (Å²) in [5.74, 6) is 0. The average Bonchev–Trinajstić information content (AvgIpc) is 3.18. The van der Waals surface area contributed by atoms with Gasteiger partial charge in [0.05, 0.1) is 18.8 Å². The molecule has 2 fully saturated rings. The van der Waals surface area contributed by atoms with Crippen molar-refractivity contribution >= 4 is 8.32 Å². The van der Waals surface area contributed by atoms with Gasteiger partial charge >= 0.3 is 5.69 Å². The summed E-state index contributed by atoms with van der Waals surface area (Å²) in [4.78, 5) is 32.8. The number of benzene rings is 1. The fourth-order valence-corrected chi connectivity index (χ4v) is 5.62. The zero-order chi connectivity index (χ0) is 25.4. The van der Waals surface area contributed by atoms with E-state index in [0.717, 1.165) is 5.56 Å². The Hall–Kier alpha value is -2.08. The van der Waals surface area contributed by atoms with Crippen molar-refractivity contribution in [1.82, 2.24) is 14.6 Å². The van der Waals surface area contributed by atoms with Crippen LogP contribution >= 0.6 is 0 Å². The number of nitrogens with one attached hydrogen (secondary N) is 1. The lowest BCUT2D eigenvalue weighted by atomic mass is 10.0. The molecule has 3 heterocycles. The number of aromatic amines is 1. The lowest BCUT2D eigenvalue weighted by molar-refractivity contribution is -0.274. The maximum Gasteiger partial charge on any atom is 0.330 e. The van der Waals surface area contributed by atoms with E-state index in [0.29, 0.717) is 19.6 Å². The molecule has 1 aromatic heterocycles. The van der Waals surface area contributed by atoms with Crippen molar-refractivity contribution in [3.8, 4) is 0 Å². The van der Waals surface area contributed by atoms with Crippen LogP contribution in [0.4, 0.5) is 0 Å². The second kappa shape index (κ2) is 10.1. The molecule has 0 radical (unpaired) electrons. The van der Waals surface area contributed by atoms with Gasteiger partial charge in [-0.3, -0.25) is 19.2 Å². The number of nitrogens with zero attached hydrogens (tertiary/aromatic N) is 2. The molecule has 0 bridgehead atoms. The van der Waals surface area contributed by atoms with E-state index in [1.807, 2.05) is 42.3 Å². The smallest absolute Gasteiger partial charge is 0.330 e. The van der Waals surface area contributed by atoms with Gasteiger partial charge in [0.1, 0.15) is 6.10 Å². The lowest BCUT2D eigenvalue weighted by Crippen LogP contribution is -2.57. The van der Waals surface area contributed by atoms with Crippen molar-refractivity contribution < 1.29 is 18.7 Å². The predicted octanol–water partition coefficient (Wildman–Crippen LogP) is 3.39. The third-order valence-corrected chi connectivity index (χ3v) is 11.8. The van der Waals surface area contributed by atoms with Crippen LogP contribution in [0.1, 0.15) is 45.9 Å². The van der Waals surface area contributed by atoms with Gasteiger partial charge in [-0.15, -0.1) is 0 Å². The highest BCUT2D eigenvalue weighted by atomic mass is 28.4. The summed E-state index contributed by atoms with van der Waals surface area (Å²) in [7, 11) is -2.11. The molecule has 35 heavy (non-hydrogen) atoms. The predicted molar refractivity (Wildman–Crippen MR) is 134 cm³/mol. The summed E-state index contributed by atoms with van der Waals surface area (Å²) >= 11 is 0. The monoisotopic (exact) mass is 503 g/mol. The highest BCUT2D eigenvalue weighted by Crippen LogP contribution is 2.41. The molecule has 2 saturated heterocycles. The van der Waals surface area contributed by atoms with E-state index < -0.39 is 25.8 Å². The summed E-state index contributed by atoms with van der Waals surface area (Å²) < 4.78 is 20.4. The summed E-state index contributed by atoms with van der Waals surface area (Å²) in [6, 6.07) is 11.2. The molecule has 192 valence electrons. The van der Waals surface area contributed by atoms with Crippen LogP contribution < -0.4 is 11.2 Å². The van der Waals surface area contributed by atoms with E-state index in [9.17, 15) is 9.59 Å². The molecule has 0 aliphatic carbocycles. The summed E-state index contributed by atoms with van der Waals surface area (Å²) in [6.07, 6.45) is 0.417. The Morgan fingerprint density at radius 1 is 1.14 bits per heavy atom. The Balaban J connectivity index is 1.66. The quantitative estimate of drug-likeness (QED) is 0.604.